The molecule has 0 radical (unpaired) electrons. The Morgan fingerprint density at radius 2 is 1.59 bits per heavy atom. The van der Waals surface area contributed by atoms with Crippen molar-refractivity contribution >= 4 is 57.9 Å². The third-order valence-corrected chi connectivity index (χ3v) is 9.08. The van der Waals surface area contributed by atoms with E-state index >= 15 is 0 Å². The number of rotatable bonds is 13. The first-order valence-corrected chi connectivity index (χ1v) is 18.2. The number of ether oxygens (including phenoxy) is 2. The molecule has 296 valence electrons. The normalized spacial score (nSPS) is 13.8. The van der Waals surface area contributed by atoms with Crippen molar-refractivity contribution in [3.8, 4) is 5.75 Å². The number of piperazine rings is 1. The molecule has 0 saturated carbocycles. The molecule has 5 aromatic rings. The van der Waals surface area contributed by atoms with Gasteiger partial charge in [-0.1, -0.05) is 12.2 Å². The quantitative estimate of drug-likeness (QED) is 0.126. The summed E-state index contributed by atoms with van der Waals surface area (Å²) in [5.74, 6) is -0.909. The lowest BCUT2D eigenvalue weighted by atomic mass is 10.1. The van der Waals surface area contributed by atoms with Gasteiger partial charge in [-0.15, -0.1) is 0 Å². The van der Waals surface area contributed by atoms with Crippen molar-refractivity contribution < 1.29 is 28.7 Å². The van der Waals surface area contributed by atoms with E-state index in [1.165, 1.54) is 12.3 Å². The molecule has 6 rings (SSSR count). The van der Waals surface area contributed by atoms with Gasteiger partial charge in [0.1, 0.15) is 34.7 Å². The number of aryl methyl sites for hydroxylation is 2. The monoisotopic (exact) mass is 769 g/mol. The predicted molar refractivity (Wildman–Crippen MR) is 208 cm³/mol. The van der Waals surface area contributed by atoms with Gasteiger partial charge >= 0.3 is 6.09 Å². The van der Waals surface area contributed by atoms with Crippen LogP contribution >= 0.6 is 0 Å². The van der Waals surface area contributed by atoms with Crippen LogP contribution in [0.3, 0.4) is 0 Å². The number of imidazole rings is 2. The van der Waals surface area contributed by atoms with Gasteiger partial charge in [-0.25, -0.2) is 19.7 Å². The lowest BCUT2D eigenvalue weighted by Crippen LogP contribution is -2.50. The average Bonchev–Trinajstić information content (AvgIpc) is 3.80. The van der Waals surface area contributed by atoms with Gasteiger partial charge < -0.3 is 36.1 Å². The molecule has 56 heavy (non-hydrogen) atoms. The highest BCUT2D eigenvalue weighted by Crippen LogP contribution is 2.30. The number of hydrogen-bond donors (Lipinski definition) is 4. The van der Waals surface area contributed by atoms with E-state index in [-0.39, 0.29) is 48.8 Å². The lowest BCUT2D eigenvalue weighted by Gasteiger charge is -2.35. The molecule has 0 unspecified atom stereocenters. The molecule has 1 aliphatic heterocycles. The van der Waals surface area contributed by atoms with E-state index < -0.39 is 23.3 Å². The third kappa shape index (κ3) is 8.72. The Balaban J connectivity index is 1.19. The van der Waals surface area contributed by atoms with Gasteiger partial charge in [0.25, 0.3) is 5.91 Å². The average molecular weight is 770 g/mol. The Labute approximate surface area is 322 Å². The van der Waals surface area contributed by atoms with Crippen molar-refractivity contribution in [2.24, 2.45) is 11.5 Å². The van der Waals surface area contributed by atoms with E-state index in [0.29, 0.717) is 78.6 Å². The number of allylic oxidation sites excluding steroid dienone is 2. The van der Waals surface area contributed by atoms with Crippen LogP contribution in [0.2, 0.25) is 0 Å². The molecule has 4 amide bonds. The van der Waals surface area contributed by atoms with E-state index in [2.05, 4.69) is 30.3 Å². The first-order chi connectivity index (χ1) is 26.6. The Hall–Kier alpha value is -6.50. The largest absolute Gasteiger partial charge is 0.490 e. The molecule has 1 saturated heterocycles. The fourth-order valence-electron chi connectivity index (χ4n) is 6.36. The molecule has 1 fully saturated rings. The third-order valence-electron chi connectivity index (χ3n) is 9.08. The number of aromatic nitrogens is 7. The number of nitrogens with zero attached hydrogens (tertiary/aromatic N) is 9. The van der Waals surface area contributed by atoms with Gasteiger partial charge in [-0.3, -0.25) is 33.8 Å². The number of benzene rings is 1. The summed E-state index contributed by atoms with van der Waals surface area (Å²) < 4.78 is 16.8. The number of pyridine rings is 1. The van der Waals surface area contributed by atoms with E-state index in [4.69, 9.17) is 26.7 Å². The first kappa shape index (κ1) is 39.2. The summed E-state index contributed by atoms with van der Waals surface area (Å²) in [5, 5.41) is 7.23. The topological polar surface area (TPSA) is 250 Å². The second-order valence-corrected chi connectivity index (χ2v) is 14.3. The van der Waals surface area contributed by atoms with E-state index in [1.807, 2.05) is 39.8 Å². The van der Waals surface area contributed by atoms with Crippen molar-refractivity contribution in [3.05, 3.63) is 65.1 Å². The number of nitrogens with two attached hydrogens (primary N) is 3. The van der Waals surface area contributed by atoms with Gasteiger partial charge in [0.15, 0.2) is 5.65 Å². The molecule has 5 heterocycles. The highest BCUT2D eigenvalue weighted by Gasteiger charge is 2.26. The molecule has 0 aliphatic carbocycles. The van der Waals surface area contributed by atoms with Crippen LogP contribution in [0.25, 0.3) is 22.2 Å². The molecule has 1 aromatic carbocycles. The molecule has 19 nitrogen and oxygen atoms in total. The van der Waals surface area contributed by atoms with Crippen LogP contribution in [-0.4, -0.2) is 112 Å². The smallest absolute Gasteiger partial charge is 0.410 e. The van der Waals surface area contributed by atoms with Crippen LogP contribution in [0, 0.1) is 6.92 Å². The fourth-order valence-corrected chi connectivity index (χ4v) is 6.36. The molecule has 19 heteroatoms. The maximum atomic E-state index is 13.4. The fraction of sp³-hybridized carbons (Fsp3) is 0.405. The number of fused-ring (bicyclic) bond motifs is 2. The Bertz CT molecular complexity index is 2330. The predicted octanol–water partition coefficient (Wildman–Crippen LogP) is 2.53. The number of nitrogen functional groups attached to an aromatic ring is 1. The van der Waals surface area contributed by atoms with Crippen molar-refractivity contribution in [3.63, 3.8) is 0 Å². The van der Waals surface area contributed by atoms with Gasteiger partial charge in [-0.05, 0) is 58.9 Å². The van der Waals surface area contributed by atoms with Crippen LogP contribution in [0.1, 0.15) is 64.6 Å². The van der Waals surface area contributed by atoms with E-state index in [1.54, 1.807) is 43.8 Å². The minimum absolute atomic E-state index is 0.177. The second-order valence-electron chi connectivity index (χ2n) is 14.3. The maximum Gasteiger partial charge on any atom is 0.410 e. The van der Waals surface area contributed by atoms with Crippen molar-refractivity contribution in [2.75, 3.05) is 50.4 Å². The number of amides is 4. The van der Waals surface area contributed by atoms with Gasteiger partial charge in [-0.2, -0.15) is 5.10 Å². The molecule has 0 spiro atoms. The van der Waals surface area contributed by atoms with E-state index in [9.17, 15) is 19.2 Å². The van der Waals surface area contributed by atoms with Crippen LogP contribution in [-0.2, 0) is 24.4 Å². The zero-order valence-electron chi connectivity index (χ0n) is 32.1. The summed E-state index contributed by atoms with van der Waals surface area (Å²) in [6.45, 7) is 13.4. The maximum absolute atomic E-state index is 13.4. The number of carbonyl (C=O) groups excluding carboxylic acids is 4. The first-order valence-electron chi connectivity index (χ1n) is 18.2. The van der Waals surface area contributed by atoms with Crippen molar-refractivity contribution in [1.29, 1.82) is 0 Å². The zero-order valence-corrected chi connectivity index (χ0v) is 32.1. The summed E-state index contributed by atoms with van der Waals surface area (Å²) in [5.41, 5.74) is 20.2. The standard InChI is InChI=1S/C37H47N13O6/c1-6-50-27(17-22(2)45-50)33(53)44-35-43-26-19-24(31(39)52)21-41-32(26)49(35)10-8-7-9-48-29-25(42-34(48)40)18-23(30(38)51)20-28(29)55-16-15-46-11-13-47(14-12-46)36(54)56-37(3,4)5/h7-8,17-21H,6,9-16H2,1-5H3,(H2,38,51)(H2,39,52)(H2,40,42)(H,43,44,53)/b8-7+. The number of hydrogen-bond acceptors (Lipinski definition) is 12. The van der Waals surface area contributed by atoms with Crippen LogP contribution < -0.4 is 27.3 Å². The Kier molecular flexibility index (Phi) is 11.3. The molecular formula is C37H47N13O6. The number of nitrogens with one attached hydrogen (secondary N) is 1. The zero-order chi connectivity index (χ0) is 40.3. The summed E-state index contributed by atoms with van der Waals surface area (Å²) in [7, 11) is 0. The van der Waals surface area contributed by atoms with Crippen molar-refractivity contribution in [1.82, 2.24) is 43.7 Å². The van der Waals surface area contributed by atoms with Crippen LogP contribution in [0.15, 0.2) is 42.6 Å². The van der Waals surface area contributed by atoms with Gasteiger partial charge in [0, 0.05) is 64.1 Å². The lowest BCUT2D eigenvalue weighted by molar-refractivity contribution is 0.0136. The van der Waals surface area contributed by atoms with Crippen molar-refractivity contribution in [2.45, 2.75) is 59.9 Å². The molecule has 0 atom stereocenters. The number of carbonyl (C=O) groups is 4. The highest BCUT2D eigenvalue weighted by atomic mass is 16.6. The number of primary amides is 2. The molecule has 7 N–H and O–H groups in total. The molecule has 1 aliphatic rings. The Morgan fingerprint density at radius 1 is 0.911 bits per heavy atom. The van der Waals surface area contributed by atoms with Crippen LogP contribution in [0.5, 0.6) is 5.75 Å². The highest BCUT2D eigenvalue weighted by molar-refractivity contribution is 6.03. The van der Waals surface area contributed by atoms with Crippen LogP contribution in [0.4, 0.5) is 16.7 Å². The number of anilines is 2. The summed E-state index contributed by atoms with van der Waals surface area (Å²) in [6, 6.07) is 6.36. The molecular weight excluding hydrogens is 722 g/mol. The molecule has 4 aromatic heterocycles. The summed E-state index contributed by atoms with van der Waals surface area (Å²) in [4.78, 5) is 67.3. The summed E-state index contributed by atoms with van der Waals surface area (Å²) >= 11 is 0. The van der Waals surface area contributed by atoms with Gasteiger partial charge in [0.05, 0.1) is 16.8 Å². The van der Waals surface area contributed by atoms with Gasteiger partial charge in [0.2, 0.25) is 23.7 Å². The summed E-state index contributed by atoms with van der Waals surface area (Å²) in [6.07, 6.45) is 4.74. The minimum atomic E-state index is -0.656. The second kappa shape index (κ2) is 16.1. The van der Waals surface area contributed by atoms with E-state index in [0.717, 1.165) is 0 Å². The Morgan fingerprint density at radius 3 is 2.25 bits per heavy atom. The minimum Gasteiger partial charge on any atom is -0.490 e. The SMILES string of the molecule is CCn1nc(C)cc1C(=O)Nc1nc2cc(C(N)=O)cnc2n1C/C=C/Cn1c(N)nc2cc(C(N)=O)cc(OCCN3CCN(C(=O)OC(C)(C)C)CC3)c21. The molecule has 0 bridgehead atoms.